The number of primary amides is 1. The summed E-state index contributed by atoms with van der Waals surface area (Å²) in [7, 11) is -4.46. The lowest BCUT2D eigenvalue weighted by Gasteiger charge is -2.32. The van der Waals surface area contributed by atoms with Crippen LogP contribution in [0.4, 0.5) is 0 Å². The molecule has 1 saturated heterocycles. The average molecular weight is 464 g/mol. The van der Waals surface area contributed by atoms with Gasteiger partial charge in [0.15, 0.2) is 6.10 Å². The molecule has 0 spiro atoms. The molecule has 2 amide bonds. The van der Waals surface area contributed by atoms with E-state index in [0.29, 0.717) is 29.3 Å². The molecular weight excluding hydrogens is 442 g/mol. The maximum Gasteiger partial charge on any atom is 0.298 e. The largest absolute Gasteiger partial charge is 0.366 e. The van der Waals surface area contributed by atoms with E-state index in [9.17, 15) is 18.0 Å². The van der Waals surface area contributed by atoms with Crippen LogP contribution >= 0.6 is 0 Å². The van der Waals surface area contributed by atoms with Crippen LogP contribution in [-0.4, -0.2) is 37.8 Å². The first-order valence-corrected chi connectivity index (χ1v) is 11.7. The molecule has 9 heteroatoms. The molecule has 168 valence electrons. The highest BCUT2D eigenvalue weighted by molar-refractivity contribution is 7.87. The first-order chi connectivity index (χ1) is 15.8. The van der Waals surface area contributed by atoms with E-state index in [4.69, 9.17) is 15.2 Å². The van der Waals surface area contributed by atoms with Crippen LogP contribution in [0.3, 0.4) is 0 Å². The first kappa shape index (κ1) is 22.5. The van der Waals surface area contributed by atoms with E-state index in [1.807, 2.05) is 0 Å². The fourth-order valence-corrected chi connectivity index (χ4v) is 5.31. The minimum Gasteiger partial charge on any atom is -0.366 e. The maximum absolute atomic E-state index is 13.1. The van der Waals surface area contributed by atoms with Gasteiger partial charge in [0.25, 0.3) is 21.9 Å². The Morgan fingerprint density at radius 2 is 1.94 bits per heavy atom. The van der Waals surface area contributed by atoms with Crippen molar-refractivity contribution in [1.29, 1.82) is 5.26 Å². The smallest absolute Gasteiger partial charge is 0.298 e. The highest BCUT2D eigenvalue weighted by atomic mass is 32.2. The van der Waals surface area contributed by atoms with Crippen molar-refractivity contribution < 1.29 is 22.2 Å². The first-order valence-electron chi connectivity index (χ1n) is 10.3. The Bertz CT molecular complexity index is 1390. The summed E-state index contributed by atoms with van der Waals surface area (Å²) in [5.74, 6) is -1.36. The highest BCUT2D eigenvalue weighted by Gasteiger charge is 2.35. The standard InChI is InChI=1S/C24H21N3O5S/c25-14-16-5-3-6-17(13-16)15-27-12-4-9-20(24(27)29)32-33(30,31)21-11-10-18-7-1-2-8-19(18)22(21)23(26)28/h1-3,5-8,10-11,13,20H,4,9,12,15H2,(H2,26,28). The number of benzene rings is 3. The van der Waals surface area contributed by atoms with Crippen molar-refractivity contribution in [2.75, 3.05) is 6.54 Å². The van der Waals surface area contributed by atoms with Crippen LogP contribution in [-0.2, 0) is 25.6 Å². The molecule has 0 radical (unpaired) electrons. The Morgan fingerprint density at radius 1 is 1.15 bits per heavy atom. The molecule has 33 heavy (non-hydrogen) atoms. The SMILES string of the molecule is N#Cc1cccc(CN2CCCC(OS(=O)(=O)c3ccc4ccccc4c3C(N)=O)C2=O)c1. The summed E-state index contributed by atoms with van der Waals surface area (Å²) in [6, 6.07) is 18.6. The zero-order chi connectivity index (χ0) is 23.6. The third-order valence-corrected chi connectivity index (χ3v) is 6.92. The number of nitrogens with two attached hydrogens (primary N) is 1. The van der Waals surface area contributed by atoms with Gasteiger partial charge in [-0.2, -0.15) is 13.7 Å². The summed E-state index contributed by atoms with van der Waals surface area (Å²) < 4.78 is 31.6. The monoisotopic (exact) mass is 463 g/mol. The fourth-order valence-electron chi connectivity index (χ4n) is 4.03. The Kier molecular flexibility index (Phi) is 6.14. The lowest BCUT2D eigenvalue weighted by Crippen LogP contribution is -2.45. The van der Waals surface area contributed by atoms with Gasteiger partial charge in [-0.1, -0.05) is 42.5 Å². The molecule has 1 aliphatic heterocycles. The summed E-state index contributed by atoms with van der Waals surface area (Å²) in [4.78, 5) is 26.3. The molecule has 1 atom stereocenters. The number of carbonyl (C=O) groups excluding carboxylic acids is 2. The highest BCUT2D eigenvalue weighted by Crippen LogP contribution is 2.29. The molecule has 1 aliphatic rings. The van der Waals surface area contributed by atoms with Gasteiger partial charge in [0.05, 0.1) is 17.2 Å². The van der Waals surface area contributed by atoms with E-state index in [0.717, 1.165) is 5.56 Å². The van der Waals surface area contributed by atoms with Crippen molar-refractivity contribution in [3.63, 3.8) is 0 Å². The van der Waals surface area contributed by atoms with Gasteiger partial charge in [-0.05, 0) is 47.4 Å². The van der Waals surface area contributed by atoms with Crippen molar-refractivity contribution in [3.8, 4) is 6.07 Å². The van der Waals surface area contributed by atoms with Crippen molar-refractivity contribution in [1.82, 2.24) is 4.90 Å². The molecule has 1 heterocycles. The van der Waals surface area contributed by atoms with Crippen LogP contribution in [0.15, 0.2) is 65.6 Å². The second-order valence-corrected chi connectivity index (χ2v) is 9.32. The number of hydrogen-bond donors (Lipinski definition) is 1. The number of rotatable bonds is 6. The van der Waals surface area contributed by atoms with Crippen LogP contribution in [0, 0.1) is 11.3 Å². The Balaban J connectivity index is 1.60. The summed E-state index contributed by atoms with van der Waals surface area (Å²) in [6.45, 7) is 0.675. The zero-order valence-electron chi connectivity index (χ0n) is 17.6. The lowest BCUT2D eigenvalue weighted by atomic mass is 10.0. The minimum atomic E-state index is -4.46. The maximum atomic E-state index is 13.1. The van der Waals surface area contributed by atoms with Crippen molar-refractivity contribution in [2.24, 2.45) is 5.73 Å². The molecule has 8 nitrogen and oxygen atoms in total. The molecule has 0 bridgehead atoms. The number of likely N-dealkylation sites (tertiary alicyclic amines) is 1. The van der Waals surface area contributed by atoms with Crippen molar-refractivity contribution in [2.45, 2.75) is 30.4 Å². The second-order valence-electron chi connectivity index (χ2n) is 7.78. The quantitative estimate of drug-likeness (QED) is 0.559. The summed E-state index contributed by atoms with van der Waals surface area (Å²) in [6.07, 6.45) is -0.439. The molecule has 0 saturated carbocycles. The van der Waals surface area contributed by atoms with Crippen LogP contribution in [0.25, 0.3) is 10.8 Å². The van der Waals surface area contributed by atoms with Gasteiger partial charge < -0.3 is 10.6 Å². The summed E-state index contributed by atoms with van der Waals surface area (Å²) in [5, 5.41) is 10.1. The third-order valence-electron chi connectivity index (χ3n) is 5.56. The van der Waals surface area contributed by atoms with Crippen molar-refractivity contribution >= 4 is 32.7 Å². The molecule has 0 aromatic heterocycles. The normalized spacial score (nSPS) is 16.5. The van der Waals surface area contributed by atoms with E-state index in [2.05, 4.69) is 6.07 Å². The van der Waals surface area contributed by atoms with E-state index in [1.54, 1.807) is 54.6 Å². The predicted octanol–water partition coefficient (Wildman–Crippen LogP) is 2.71. The van der Waals surface area contributed by atoms with Gasteiger partial charge in [0.2, 0.25) is 0 Å². The summed E-state index contributed by atoms with van der Waals surface area (Å²) in [5.41, 5.74) is 6.58. The molecule has 2 N–H and O–H groups in total. The van der Waals surface area contributed by atoms with Crippen LogP contribution in [0.5, 0.6) is 0 Å². The van der Waals surface area contributed by atoms with Gasteiger partial charge in [-0.25, -0.2) is 0 Å². The predicted molar refractivity (Wildman–Crippen MR) is 120 cm³/mol. The lowest BCUT2D eigenvalue weighted by molar-refractivity contribution is -0.142. The Hall–Kier alpha value is -3.74. The molecule has 4 rings (SSSR count). The van der Waals surface area contributed by atoms with Crippen LogP contribution in [0.1, 0.15) is 34.3 Å². The zero-order valence-corrected chi connectivity index (χ0v) is 18.4. The molecular formula is C24H21N3O5S. The molecule has 3 aromatic carbocycles. The van der Waals surface area contributed by atoms with Crippen LogP contribution in [0.2, 0.25) is 0 Å². The number of amides is 2. The van der Waals surface area contributed by atoms with E-state index < -0.39 is 28.0 Å². The van der Waals surface area contributed by atoms with E-state index in [1.165, 1.54) is 11.0 Å². The number of fused-ring (bicyclic) bond motifs is 1. The topological polar surface area (TPSA) is 131 Å². The number of hydrogen-bond acceptors (Lipinski definition) is 6. The van der Waals surface area contributed by atoms with Crippen LogP contribution < -0.4 is 5.73 Å². The number of nitriles is 1. The number of carbonyl (C=O) groups is 2. The van der Waals surface area contributed by atoms with Gasteiger partial charge >= 0.3 is 0 Å². The molecule has 1 unspecified atom stereocenters. The molecule has 1 fully saturated rings. The van der Waals surface area contributed by atoms with Gasteiger partial charge in [-0.15, -0.1) is 0 Å². The number of nitrogens with zero attached hydrogens (tertiary/aromatic N) is 2. The Labute approximate surface area is 191 Å². The third kappa shape index (κ3) is 4.58. The van der Waals surface area contributed by atoms with E-state index in [-0.39, 0.29) is 23.4 Å². The summed E-state index contributed by atoms with van der Waals surface area (Å²) >= 11 is 0. The average Bonchev–Trinajstić information content (AvgIpc) is 2.80. The second kappa shape index (κ2) is 9.02. The van der Waals surface area contributed by atoms with Gasteiger partial charge in [0, 0.05) is 13.1 Å². The van der Waals surface area contributed by atoms with Crippen molar-refractivity contribution in [3.05, 3.63) is 77.4 Å². The Morgan fingerprint density at radius 3 is 2.70 bits per heavy atom. The van der Waals surface area contributed by atoms with Gasteiger partial charge in [-0.3, -0.25) is 13.8 Å². The fraction of sp³-hybridized carbons (Fsp3) is 0.208. The minimum absolute atomic E-state index is 0.165. The molecule has 3 aromatic rings. The number of piperidine rings is 1. The van der Waals surface area contributed by atoms with Gasteiger partial charge in [0.1, 0.15) is 4.90 Å². The van der Waals surface area contributed by atoms with E-state index >= 15 is 0 Å². The molecule has 0 aliphatic carbocycles.